The summed E-state index contributed by atoms with van der Waals surface area (Å²) in [6, 6.07) is 21.1. The number of benzene rings is 2. The van der Waals surface area contributed by atoms with Crippen LogP contribution in [0.4, 0.5) is 0 Å². The quantitative estimate of drug-likeness (QED) is 0.718. The molecule has 2 nitrogen and oxygen atoms in total. The smallest absolute Gasteiger partial charge is 0.134 e. The highest BCUT2D eigenvalue weighted by molar-refractivity contribution is 7.98. The second-order valence-corrected chi connectivity index (χ2v) is 6.06. The lowest BCUT2D eigenvalue weighted by atomic mass is 10.2. The minimum atomic E-state index is 0.242. The topological polar surface area (TPSA) is 25.2 Å². The highest BCUT2D eigenvalue weighted by atomic mass is 32.2. The second-order valence-electron chi connectivity index (χ2n) is 5.03. The first-order chi connectivity index (χ1) is 10.4. The molecule has 1 aromatic heterocycles. The maximum Gasteiger partial charge on any atom is 0.134 e. The molecule has 1 heterocycles. The molecule has 0 saturated heterocycles. The Morgan fingerprint density at radius 2 is 1.81 bits per heavy atom. The van der Waals surface area contributed by atoms with Gasteiger partial charge in [-0.05, 0) is 24.7 Å². The number of para-hydroxylation sites is 1. The molecule has 1 atom stereocenters. The van der Waals surface area contributed by atoms with E-state index in [0.717, 1.165) is 22.8 Å². The Morgan fingerprint density at radius 3 is 2.57 bits per heavy atom. The summed E-state index contributed by atoms with van der Waals surface area (Å²) in [6.07, 6.45) is 0. The molecule has 0 fully saturated rings. The summed E-state index contributed by atoms with van der Waals surface area (Å²) in [7, 11) is 1.99. The fraction of sp³-hybridized carbons (Fsp3) is 0.222. The molecule has 0 aliphatic heterocycles. The molecule has 0 aliphatic rings. The SMILES string of the molecule is CNC(CSCc1ccccc1)c1cc2ccccc2o1. The summed E-state index contributed by atoms with van der Waals surface area (Å²) < 4.78 is 5.95. The molecule has 0 bridgehead atoms. The molecule has 0 spiro atoms. The van der Waals surface area contributed by atoms with E-state index in [1.165, 1.54) is 10.9 Å². The van der Waals surface area contributed by atoms with Crippen molar-refractivity contribution in [2.24, 2.45) is 0 Å². The average Bonchev–Trinajstić information content (AvgIpc) is 2.96. The van der Waals surface area contributed by atoms with Gasteiger partial charge < -0.3 is 9.73 Å². The first-order valence-electron chi connectivity index (χ1n) is 7.14. The van der Waals surface area contributed by atoms with Crippen molar-refractivity contribution >= 4 is 22.7 Å². The molecule has 1 N–H and O–H groups in total. The van der Waals surface area contributed by atoms with Gasteiger partial charge in [0.25, 0.3) is 0 Å². The number of thioether (sulfide) groups is 1. The van der Waals surface area contributed by atoms with Crippen molar-refractivity contribution in [3.63, 3.8) is 0 Å². The van der Waals surface area contributed by atoms with Crippen molar-refractivity contribution in [2.75, 3.05) is 12.8 Å². The molecule has 0 amide bonds. The third kappa shape index (κ3) is 3.49. The maximum absolute atomic E-state index is 5.95. The first kappa shape index (κ1) is 14.2. The van der Waals surface area contributed by atoms with E-state index >= 15 is 0 Å². The molecular weight excluding hydrogens is 278 g/mol. The fourth-order valence-corrected chi connectivity index (χ4v) is 3.46. The van der Waals surface area contributed by atoms with Crippen LogP contribution in [-0.2, 0) is 5.75 Å². The zero-order chi connectivity index (χ0) is 14.5. The molecule has 3 heteroatoms. The monoisotopic (exact) mass is 297 g/mol. The summed E-state index contributed by atoms with van der Waals surface area (Å²) >= 11 is 1.92. The number of hydrogen-bond donors (Lipinski definition) is 1. The standard InChI is InChI=1S/C18H19NOS/c1-19-16(13-21-12-14-7-3-2-4-8-14)18-11-15-9-5-6-10-17(15)20-18/h2-11,16,19H,12-13H2,1H3. The Morgan fingerprint density at radius 1 is 1.05 bits per heavy atom. The van der Waals surface area contributed by atoms with E-state index in [1.807, 2.05) is 37.0 Å². The molecule has 0 saturated carbocycles. The Bertz CT molecular complexity index is 660. The van der Waals surface area contributed by atoms with E-state index < -0.39 is 0 Å². The zero-order valence-electron chi connectivity index (χ0n) is 12.1. The average molecular weight is 297 g/mol. The summed E-state index contributed by atoms with van der Waals surface area (Å²) in [5, 5.41) is 4.52. The largest absolute Gasteiger partial charge is 0.459 e. The van der Waals surface area contributed by atoms with Gasteiger partial charge in [0.15, 0.2) is 0 Å². The van der Waals surface area contributed by atoms with Crippen molar-refractivity contribution in [3.8, 4) is 0 Å². The van der Waals surface area contributed by atoms with Gasteiger partial charge in [-0.3, -0.25) is 0 Å². The summed E-state index contributed by atoms with van der Waals surface area (Å²) in [5.41, 5.74) is 2.32. The summed E-state index contributed by atoms with van der Waals surface area (Å²) in [4.78, 5) is 0. The molecule has 2 aromatic carbocycles. The molecule has 108 valence electrons. The van der Waals surface area contributed by atoms with Crippen LogP contribution in [0.3, 0.4) is 0 Å². The maximum atomic E-state index is 5.95. The van der Waals surface area contributed by atoms with Gasteiger partial charge in [0.2, 0.25) is 0 Å². The predicted molar refractivity (Wildman–Crippen MR) is 90.6 cm³/mol. The Hall–Kier alpha value is -1.71. The molecule has 21 heavy (non-hydrogen) atoms. The van der Waals surface area contributed by atoms with Gasteiger partial charge in [0.05, 0.1) is 6.04 Å². The van der Waals surface area contributed by atoms with Crippen molar-refractivity contribution in [3.05, 3.63) is 72.0 Å². The summed E-state index contributed by atoms with van der Waals surface area (Å²) in [6.45, 7) is 0. The van der Waals surface area contributed by atoms with Crippen LogP contribution in [0.2, 0.25) is 0 Å². The van der Waals surface area contributed by atoms with Gasteiger partial charge in [-0.15, -0.1) is 0 Å². The van der Waals surface area contributed by atoms with E-state index in [1.54, 1.807) is 0 Å². The van der Waals surface area contributed by atoms with Gasteiger partial charge >= 0.3 is 0 Å². The van der Waals surface area contributed by atoms with Crippen LogP contribution in [0, 0.1) is 0 Å². The van der Waals surface area contributed by atoms with Gasteiger partial charge in [-0.2, -0.15) is 11.8 Å². The van der Waals surface area contributed by atoms with Crippen molar-refractivity contribution in [2.45, 2.75) is 11.8 Å². The highest BCUT2D eigenvalue weighted by Crippen LogP contribution is 2.26. The number of hydrogen-bond acceptors (Lipinski definition) is 3. The minimum Gasteiger partial charge on any atom is -0.459 e. The van der Waals surface area contributed by atoms with Crippen LogP contribution in [0.25, 0.3) is 11.0 Å². The zero-order valence-corrected chi connectivity index (χ0v) is 12.9. The third-order valence-electron chi connectivity index (χ3n) is 3.53. The van der Waals surface area contributed by atoms with Crippen LogP contribution < -0.4 is 5.32 Å². The summed E-state index contributed by atoms with van der Waals surface area (Å²) in [5.74, 6) is 3.03. The molecule has 1 unspecified atom stereocenters. The van der Waals surface area contributed by atoms with Crippen LogP contribution in [-0.4, -0.2) is 12.8 Å². The van der Waals surface area contributed by atoms with Gasteiger partial charge in [0.1, 0.15) is 11.3 Å². The van der Waals surface area contributed by atoms with E-state index in [-0.39, 0.29) is 6.04 Å². The van der Waals surface area contributed by atoms with Gasteiger partial charge in [-0.1, -0.05) is 48.5 Å². The lowest BCUT2D eigenvalue weighted by molar-refractivity contribution is 0.479. The third-order valence-corrected chi connectivity index (χ3v) is 4.64. The molecule has 0 radical (unpaired) electrons. The molecule has 0 aliphatic carbocycles. The number of fused-ring (bicyclic) bond motifs is 1. The fourth-order valence-electron chi connectivity index (χ4n) is 2.35. The Labute approximate surface area is 129 Å². The van der Waals surface area contributed by atoms with E-state index in [2.05, 4.69) is 47.8 Å². The normalized spacial score (nSPS) is 12.6. The van der Waals surface area contributed by atoms with Gasteiger partial charge in [-0.25, -0.2) is 0 Å². The van der Waals surface area contributed by atoms with Crippen LogP contribution in [0.5, 0.6) is 0 Å². The number of nitrogens with one attached hydrogen (secondary N) is 1. The number of furan rings is 1. The van der Waals surface area contributed by atoms with Crippen LogP contribution in [0.15, 0.2) is 65.1 Å². The lowest BCUT2D eigenvalue weighted by Gasteiger charge is -2.13. The lowest BCUT2D eigenvalue weighted by Crippen LogP contribution is -2.18. The first-order valence-corrected chi connectivity index (χ1v) is 8.29. The van der Waals surface area contributed by atoms with Crippen molar-refractivity contribution < 1.29 is 4.42 Å². The molecule has 3 aromatic rings. The second kappa shape index (κ2) is 6.83. The van der Waals surface area contributed by atoms with Gasteiger partial charge in [0, 0.05) is 16.9 Å². The molecule has 3 rings (SSSR count). The van der Waals surface area contributed by atoms with Crippen molar-refractivity contribution in [1.82, 2.24) is 5.32 Å². The Balaban J connectivity index is 1.64. The predicted octanol–water partition coefficient (Wildman–Crippen LogP) is 4.63. The highest BCUT2D eigenvalue weighted by Gasteiger charge is 2.14. The number of rotatable bonds is 6. The van der Waals surface area contributed by atoms with Crippen molar-refractivity contribution in [1.29, 1.82) is 0 Å². The van der Waals surface area contributed by atoms with E-state index in [4.69, 9.17) is 4.42 Å². The minimum absolute atomic E-state index is 0.242. The molecular formula is C18H19NOS. The van der Waals surface area contributed by atoms with E-state index in [9.17, 15) is 0 Å². The Kier molecular flexibility index (Phi) is 4.63. The van der Waals surface area contributed by atoms with E-state index in [0.29, 0.717) is 0 Å². The van der Waals surface area contributed by atoms with Crippen LogP contribution in [0.1, 0.15) is 17.4 Å². The van der Waals surface area contributed by atoms with Crippen LogP contribution >= 0.6 is 11.8 Å².